The fraction of sp³-hybridized carbons (Fsp3) is 0.480. The van der Waals surface area contributed by atoms with E-state index in [1.54, 1.807) is 13.0 Å². The summed E-state index contributed by atoms with van der Waals surface area (Å²) in [6.45, 7) is 6.40. The molecule has 0 bridgehead atoms. The minimum Gasteiger partial charge on any atom is -0.501 e. The van der Waals surface area contributed by atoms with Crippen molar-refractivity contribution in [1.82, 2.24) is 29.6 Å². The first-order valence-corrected chi connectivity index (χ1v) is 11.9. The molecule has 1 unspecified atom stereocenters. The number of nitrogens with one attached hydrogen (secondary N) is 1. The van der Waals surface area contributed by atoms with Gasteiger partial charge in [-0.05, 0) is 38.0 Å². The standard InChI is InChI=1S/C25H33FN6O5/c1-14(2)31-9-10-32-21(18(13-31)30(6)25(37)24(36)29(4)5)28-19(20(33)23(32)35)22(34)27-12-16-7-8-17(26)15(3)11-16/h7-8,11,14,18,33H,9-10,12-13H2,1-6H3,(H,27,34). The zero-order valence-electron chi connectivity index (χ0n) is 21.9. The van der Waals surface area contributed by atoms with E-state index in [1.807, 2.05) is 18.7 Å². The highest BCUT2D eigenvalue weighted by Gasteiger charge is 2.36. The van der Waals surface area contributed by atoms with E-state index < -0.39 is 40.8 Å². The number of carbonyl (C=O) groups is 3. The van der Waals surface area contributed by atoms with Crippen LogP contribution in [0.4, 0.5) is 4.39 Å². The summed E-state index contributed by atoms with van der Waals surface area (Å²) in [6.07, 6.45) is 0. The van der Waals surface area contributed by atoms with Gasteiger partial charge in [-0.3, -0.25) is 28.6 Å². The third-order valence-electron chi connectivity index (χ3n) is 6.49. The molecule has 1 aliphatic heterocycles. The van der Waals surface area contributed by atoms with Gasteiger partial charge in [0.15, 0.2) is 5.69 Å². The van der Waals surface area contributed by atoms with Gasteiger partial charge in [-0.2, -0.15) is 0 Å². The molecular weight excluding hydrogens is 483 g/mol. The molecule has 1 aromatic carbocycles. The third kappa shape index (κ3) is 5.79. The lowest BCUT2D eigenvalue weighted by atomic mass is 10.1. The molecule has 2 aromatic rings. The van der Waals surface area contributed by atoms with Crippen molar-refractivity contribution < 1.29 is 23.9 Å². The van der Waals surface area contributed by atoms with Gasteiger partial charge in [0.25, 0.3) is 11.5 Å². The molecular formula is C25H33FN6O5. The Kier molecular flexibility index (Phi) is 8.32. The van der Waals surface area contributed by atoms with Crippen LogP contribution < -0.4 is 10.9 Å². The van der Waals surface area contributed by atoms with Crippen molar-refractivity contribution in [3.63, 3.8) is 0 Å². The number of halogens is 1. The van der Waals surface area contributed by atoms with Gasteiger partial charge in [0.2, 0.25) is 5.75 Å². The lowest BCUT2D eigenvalue weighted by molar-refractivity contribution is -0.151. The molecule has 0 saturated heterocycles. The van der Waals surface area contributed by atoms with Gasteiger partial charge >= 0.3 is 11.8 Å². The van der Waals surface area contributed by atoms with Crippen LogP contribution in [0.15, 0.2) is 23.0 Å². The summed E-state index contributed by atoms with van der Waals surface area (Å²) in [5.74, 6) is -3.44. The lowest BCUT2D eigenvalue weighted by Crippen LogP contribution is -2.46. The molecule has 2 heterocycles. The van der Waals surface area contributed by atoms with E-state index in [2.05, 4.69) is 10.3 Å². The van der Waals surface area contributed by atoms with Crippen LogP contribution in [0.3, 0.4) is 0 Å². The Balaban J connectivity index is 2.02. The van der Waals surface area contributed by atoms with E-state index in [1.165, 1.54) is 42.7 Å². The zero-order valence-corrected chi connectivity index (χ0v) is 21.9. The molecule has 12 heteroatoms. The van der Waals surface area contributed by atoms with E-state index in [-0.39, 0.29) is 37.3 Å². The summed E-state index contributed by atoms with van der Waals surface area (Å²) >= 11 is 0. The fourth-order valence-electron chi connectivity index (χ4n) is 4.14. The molecule has 1 atom stereocenters. The predicted molar refractivity (Wildman–Crippen MR) is 133 cm³/mol. The number of nitrogens with zero attached hydrogens (tertiary/aromatic N) is 5. The Labute approximate surface area is 214 Å². The summed E-state index contributed by atoms with van der Waals surface area (Å²) in [5, 5.41) is 13.2. The predicted octanol–water partition coefficient (Wildman–Crippen LogP) is 0.638. The number of aromatic hydroxyl groups is 1. The van der Waals surface area contributed by atoms with Crippen molar-refractivity contribution in [1.29, 1.82) is 0 Å². The number of fused-ring (bicyclic) bond motifs is 1. The molecule has 2 N–H and O–H groups in total. The minimum atomic E-state index is -0.846. The molecule has 37 heavy (non-hydrogen) atoms. The minimum absolute atomic E-state index is 0.0137. The number of carbonyl (C=O) groups excluding carboxylic acids is 3. The average Bonchev–Trinajstić information content (AvgIpc) is 3.05. The molecule has 0 spiro atoms. The summed E-state index contributed by atoms with van der Waals surface area (Å²) in [6, 6.07) is 3.58. The van der Waals surface area contributed by atoms with E-state index in [0.29, 0.717) is 17.7 Å². The largest absolute Gasteiger partial charge is 0.501 e. The van der Waals surface area contributed by atoms with Crippen molar-refractivity contribution in [2.24, 2.45) is 0 Å². The highest BCUT2D eigenvalue weighted by Crippen LogP contribution is 2.25. The number of amides is 3. The number of aryl methyl sites for hydroxylation is 1. The molecule has 11 nitrogen and oxygen atoms in total. The number of hydrogen-bond acceptors (Lipinski definition) is 7. The van der Waals surface area contributed by atoms with Crippen molar-refractivity contribution in [2.45, 2.75) is 45.9 Å². The van der Waals surface area contributed by atoms with Crippen LogP contribution in [0.5, 0.6) is 5.75 Å². The Morgan fingerprint density at radius 1 is 1.19 bits per heavy atom. The molecule has 1 aliphatic rings. The number of aromatic nitrogens is 2. The zero-order chi connectivity index (χ0) is 27.6. The highest BCUT2D eigenvalue weighted by molar-refractivity contribution is 6.34. The second-order valence-electron chi connectivity index (χ2n) is 9.61. The SMILES string of the molecule is Cc1cc(CNC(=O)c2nc3n(c(=O)c2O)CCN(C(C)C)CC3N(C)C(=O)C(=O)N(C)C)ccc1F. The number of hydrogen-bond donors (Lipinski definition) is 2. The average molecular weight is 517 g/mol. The van der Waals surface area contributed by atoms with Crippen LogP contribution in [-0.2, 0) is 22.7 Å². The van der Waals surface area contributed by atoms with E-state index >= 15 is 0 Å². The van der Waals surface area contributed by atoms with E-state index in [4.69, 9.17) is 0 Å². The Bertz CT molecular complexity index is 1270. The van der Waals surface area contributed by atoms with E-state index in [9.17, 15) is 28.7 Å². The quantitative estimate of drug-likeness (QED) is 0.558. The Hall–Kier alpha value is -3.80. The number of benzene rings is 1. The first-order chi connectivity index (χ1) is 17.3. The van der Waals surface area contributed by atoms with Crippen LogP contribution in [0.2, 0.25) is 0 Å². The summed E-state index contributed by atoms with van der Waals surface area (Å²) in [5.41, 5.74) is -0.272. The maximum atomic E-state index is 13.6. The van der Waals surface area contributed by atoms with Crippen LogP contribution >= 0.6 is 0 Å². The summed E-state index contributed by atoms with van der Waals surface area (Å²) in [4.78, 5) is 60.2. The topological polar surface area (TPSA) is 128 Å². The lowest BCUT2D eigenvalue weighted by Gasteiger charge is -2.32. The van der Waals surface area contributed by atoms with Crippen LogP contribution in [0.25, 0.3) is 0 Å². The van der Waals surface area contributed by atoms with Gasteiger partial charge in [0, 0.05) is 53.4 Å². The van der Waals surface area contributed by atoms with Gasteiger partial charge in [-0.1, -0.05) is 12.1 Å². The van der Waals surface area contributed by atoms with Crippen molar-refractivity contribution in [3.8, 4) is 5.75 Å². The number of rotatable bonds is 5. The first-order valence-electron chi connectivity index (χ1n) is 11.9. The maximum Gasteiger partial charge on any atom is 0.312 e. The third-order valence-corrected chi connectivity index (χ3v) is 6.49. The number of likely N-dealkylation sites (N-methyl/N-ethyl adjacent to an activating group) is 2. The first kappa shape index (κ1) is 27.8. The molecule has 200 valence electrons. The van der Waals surface area contributed by atoms with Crippen LogP contribution in [0.1, 0.15) is 47.3 Å². The fourth-order valence-corrected chi connectivity index (χ4v) is 4.14. The van der Waals surface area contributed by atoms with Gasteiger partial charge < -0.3 is 20.2 Å². The van der Waals surface area contributed by atoms with Gasteiger partial charge in [0.1, 0.15) is 17.7 Å². The van der Waals surface area contributed by atoms with Gasteiger partial charge in [-0.25, -0.2) is 9.37 Å². The molecule has 3 amide bonds. The van der Waals surface area contributed by atoms with Gasteiger partial charge in [-0.15, -0.1) is 0 Å². The van der Waals surface area contributed by atoms with Gasteiger partial charge in [0.05, 0.1) is 0 Å². The van der Waals surface area contributed by atoms with Crippen LogP contribution in [0, 0.1) is 12.7 Å². The molecule has 0 fully saturated rings. The summed E-state index contributed by atoms with van der Waals surface area (Å²) < 4.78 is 14.8. The molecule has 0 aliphatic carbocycles. The van der Waals surface area contributed by atoms with Crippen molar-refractivity contribution >= 4 is 17.7 Å². The highest BCUT2D eigenvalue weighted by atomic mass is 19.1. The van der Waals surface area contributed by atoms with Crippen LogP contribution in [-0.4, -0.2) is 87.4 Å². The Morgan fingerprint density at radius 2 is 1.86 bits per heavy atom. The van der Waals surface area contributed by atoms with Crippen molar-refractivity contribution in [3.05, 3.63) is 57.0 Å². The molecule has 1 aromatic heterocycles. The smallest absolute Gasteiger partial charge is 0.312 e. The molecule has 0 radical (unpaired) electrons. The Morgan fingerprint density at radius 3 is 2.46 bits per heavy atom. The monoisotopic (exact) mass is 516 g/mol. The van der Waals surface area contributed by atoms with E-state index in [0.717, 1.165) is 4.90 Å². The normalized spacial score (nSPS) is 15.6. The second kappa shape index (κ2) is 11.1. The molecule has 0 saturated carbocycles. The summed E-state index contributed by atoms with van der Waals surface area (Å²) in [7, 11) is 4.36. The van der Waals surface area contributed by atoms with Crippen molar-refractivity contribution in [2.75, 3.05) is 34.2 Å². The second-order valence-corrected chi connectivity index (χ2v) is 9.61. The molecule has 3 rings (SSSR count). The maximum absolute atomic E-state index is 13.6.